The summed E-state index contributed by atoms with van der Waals surface area (Å²) in [5.74, 6) is -0.0784. The van der Waals surface area contributed by atoms with E-state index in [4.69, 9.17) is 5.73 Å². The highest BCUT2D eigenvalue weighted by Crippen LogP contribution is 2.43. The molecule has 0 spiro atoms. The smallest absolute Gasteiger partial charge is 0.248 e. The van der Waals surface area contributed by atoms with Crippen LogP contribution in [0, 0.1) is 5.92 Å². The van der Waals surface area contributed by atoms with Gasteiger partial charge in [0.05, 0.1) is 12.2 Å². The molecule has 0 radical (unpaired) electrons. The van der Waals surface area contributed by atoms with E-state index in [1.54, 1.807) is 22.5 Å². The SMILES string of the molecule is NC(=O)c1ccc2c(c1)CC(=O)N2C1CC2CCC(C1)N2S(=O)(=O)CC1CCCNC1. The van der Waals surface area contributed by atoms with Crippen molar-refractivity contribution in [3.63, 3.8) is 0 Å². The van der Waals surface area contributed by atoms with E-state index < -0.39 is 15.9 Å². The number of nitrogens with one attached hydrogen (secondary N) is 1. The molecule has 0 saturated carbocycles. The number of primary amides is 1. The molecule has 168 valence electrons. The van der Waals surface area contributed by atoms with Crippen molar-refractivity contribution in [3.05, 3.63) is 29.3 Å². The number of rotatable bonds is 5. The van der Waals surface area contributed by atoms with Crippen molar-refractivity contribution in [3.8, 4) is 0 Å². The van der Waals surface area contributed by atoms with Crippen LogP contribution in [0.1, 0.15) is 54.4 Å². The highest BCUT2D eigenvalue weighted by atomic mass is 32.2. The number of carbonyl (C=O) groups is 2. The van der Waals surface area contributed by atoms with Crippen molar-refractivity contribution in [2.24, 2.45) is 11.7 Å². The number of sulfonamides is 1. The van der Waals surface area contributed by atoms with E-state index in [1.165, 1.54) is 0 Å². The minimum Gasteiger partial charge on any atom is -0.366 e. The van der Waals surface area contributed by atoms with Gasteiger partial charge >= 0.3 is 0 Å². The number of anilines is 1. The number of hydrogen-bond donors (Lipinski definition) is 2. The average Bonchev–Trinajstić information content (AvgIpc) is 3.21. The standard InChI is InChI=1S/C22H30N4O4S/c23-22(28)15-3-6-20-16(8-15)9-21(27)25(20)19-10-17-4-5-18(11-19)26(17)31(29,30)13-14-2-1-7-24-12-14/h3,6,8,14,17-19,24H,1-2,4-5,7,9-13H2,(H2,23,28). The fourth-order valence-electron chi connectivity index (χ4n) is 6.12. The van der Waals surface area contributed by atoms with Crippen LogP contribution in [-0.4, -0.2) is 61.5 Å². The first-order valence-electron chi connectivity index (χ1n) is 11.3. The van der Waals surface area contributed by atoms with Gasteiger partial charge in [-0.05, 0) is 81.3 Å². The Morgan fingerprint density at radius 1 is 1.13 bits per heavy atom. The van der Waals surface area contributed by atoms with Crippen LogP contribution in [0.25, 0.3) is 0 Å². The van der Waals surface area contributed by atoms with E-state index in [9.17, 15) is 18.0 Å². The quantitative estimate of drug-likeness (QED) is 0.701. The van der Waals surface area contributed by atoms with E-state index in [0.29, 0.717) is 18.4 Å². The minimum absolute atomic E-state index is 0.00604. The number of hydrogen-bond acceptors (Lipinski definition) is 5. The largest absolute Gasteiger partial charge is 0.366 e. The van der Waals surface area contributed by atoms with E-state index in [-0.39, 0.29) is 42.1 Å². The van der Waals surface area contributed by atoms with Gasteiger partial charge < -0.3 is 16.0 Å². The van der Waals surface area contributed by atoms with E-state index in [2.05, 4.69) is 5.32 Å². The average molecular weight is 447 g/mol. The third kappa shape index (κ3) is 3.76. The van der Waals surface area contributed by atoms with Crippen LogP contribution in [0.3, 0.4) is 0 Å². The number of nitrogens with zero attached hydrogens (tertiary/aromatic N) is 2. The second-order valence-corrected chi connectivity index (χ2v) is 11.4. The molecule has 3 fully saturated rings. The normalized spacial score (nSPS) is 31.1. The number of amides is 2. The first kappa shape index (κ1) is 20.9. The van der Waals surface area contributed by atoms with Gasteiger partial charge in [0, 0.05) is 29.4 Å². The maximum atomic E-state index is 13.3. The van der Waals surface area contributed by atoms with E-state index >= 15 is 0 Å². The molecule has 8 nitrogen and oxygen atoms in total. The molecule has 3 N–H and O–H groups in total. The molecular weight excluding hydrogens is 416 g/mol. The summed E-state index contributed by atoms with van der Waals surface area (Å²) in [6, 6.07) is 5.11. The van der Waals surface area contributed by atoms with E-state index in [1.807, 2.05) is 4.90 Å². The van der Waals surface area contributed by atoms with Crippen molar-refractivity contribution in [1.82, 2.24) is 9.62 Å². The van der Waals surface area contributed by atoms with Gasteiger partial charge in [-0.25, -0.2) is 8.42 Å². The highest BCUT2D eigenvalue weighted by Gasteiger charge is 2.49. The van der Waals surface area contributed by atoms with Crippen LogP contribution < -0.4 is 16.0 Å². The molecule has 5 rings (SSSR count). The summed E-state index contributed by atoms with van der Waals surface area (Å²) in [7, 11) is -3.32. The zero-order chi connectivity index (χ0) is 21.8. The molecule has 1 aromatic rings. The van der Waals surface area contributed by atoms with Gasteiger partial charge in [0.2, 0.25) is 21.8 Å². The van der Waals surface area contributed by atoms with Crippen molar-refractivity contribution in [2.75, 3.05) is 23.7 Å². The van der Waals surface area contributed by atoms with Gasteiger partial charge in [-0.2, -0.15) is 4.31 Å². The molecule has 0 aromatic heterocycles. The fraction of sp³-hybridized carbons (Fsp3) is 0.636. The lowest BCUT2D eigenvalue weighted by Gasteiger charge is -2.42. The van der Waals surface area contributed by atoms with Crippen LogP contribution in [-0.2, 0) is 21.2 Å². The van der Waals surface area contributed by atoms with Gasteiger partial charge in [0.1, 0.15) is 0 Å². The molecular formula is C22H30N4O4S. The molecule has 4 aliphatic rings. The maximum Gasteiger partial charge on any atom is 0.248 e. The number of piperidine rings is 2. The van der Waals surface area contributed by atoms with E-state index in [0.717, 1.165) is 50.0 Å². The van der Waals surface area contributed by atoms with Gasteiger partial charge in [0.25, 0.3) is 0 Å². The second kappa shape index (κ2) is 7.86. The Labute approximate surface area is 183 Å². The minimum atomic E-state index is -3.32. The number of carbonyl (C=O) groups excluding carboxylic acids is 2. The Bertz CT molecular complexity index is 991. The van der Waals surface area contributed by atoms with Gasteiger partial charge in [0.15, 0.2) is 0 Å². The van der Waals surface area contributed by atoms with Crippen LogP contribution in [0.5, 0.6) is 0 Å². The fourth-order valence-corrected chi connectivity index (χ4v) is 8.46. The lowest BCUT2D eigenvalue weighted by molar-refractivity contribution is -0.118. The molecule has 31 heavy (non-hydrogen) atoms. The van der Waals surface area contributed by atoms with Crippen molar-refractivity contribution in [2.45, 2.75) is 63.1 Å². The molecule has 3 saturated heterocycles. The predicted octanol–water partition coefficient (Wildman–Crippen LogP) is 0.999. The summed E-state index contributed by atoms with van der Waals surface area (Å²) in [6.45, 7) is 1.75. The van der Waals surface area contributed by atoms with Crippen LogP contribution >= 0.6 is 0 Å². The molecule has 0 aliphatic carbocycles. The summed E-state index contributed by atoms with van der Waals surface area (Å²) < 4.78 is 28.3. The predicted molar refractivity (Wildman–Crippen MR) is 117 cm³/mol. The first-order valence-corrected chi connectivity index (χ1v) is 12.9. The molecule has 9 heteroatoms. The Morgan fingerprint density at radius 3 is 2.52 bits per heavy atom. The molecule has 4 heterocycles. The second-order valence-electron chi connectivity index (χ2n) is 9.48. The van der Waals surface area contributed by atoms with Gasteiger partial charge in [-0.3, -0.25) is 9.59 Å². The van der Waals surface area contributed by atoms with Crippen LogP contribution in [0.2, 0.25) is 0 Å². The topological polar surface area (TPSA) is 113 Å². The molecule has 4 aliphatic heterocycles. The number of nitrogens with two attached hydrogens (primary N) is 1. The number of benzene rings is 1. The van der Waals surface area contributed by atoms with Crippen molar-refractivity contribution >= 4 is 27.5 Å². The Morgan fingerprint density at radius 2 is 1.87 bits per heavy atom. The Hall–Kier alpha value is -1.97. The Kier molecular flexibility index (Phi) is 5.30. The monoisotopic (exact) mass is 446 g/mol. The summed E-state index contributed by atoms with van der Waals surface area (Å²) >= 11 is 0. The number of fused-ring (bicyclic) bond motifs is 3. The third-order valence-electron chi connectivity index (χ3n) is 7.41. The van der Waals surface area contributed by atoms with Crippen LogP contribution in [0.15, 0.2) is 18.2 Å². The first-order chi connectivity index (χ1) is 14.8. The summed E-state index contributed by atoms with van der Waals surface area (Å²) in [5, 5.41) is 3.31. The third-order valence-corrected chi connectivity index (χ3v) is 9.54. The van der Waals surface area contributed by atoms with Gasteiger partial charge in [-0.15, -0.1) is 0 Å². The van der Waals surface area contributed by atoms with Gasteiger partial charge in [-0.1, -0.05) is 0 Å². The molecule has 3 unspecified atom stereocenters. The van der Waals surface area contributed by atoms with Crippen LogP contribution in [0.4, 0.5) is 5.69 Å². The lowest BCUT2D eigenvalue weighted by Crippen LogP contribution is -2.54. The Balaban J connectivity index is 1.33. The molecule has 1 aromatic carbocycles. The molecule has 3 atom stereocenters. The summed E-state index contributed by atoms with van der Waals surface area (Å²) in [5.41, 5.74) is 7.46. The zero-order valence-electron chi connectivity index (χ0n) is 17.6. The lowest BCUT2D eigenvalue weighted by atomic mass is 9.98. The van der Waals surface area contributed by atoms with Crippen molar-refractivity contribution < 1.29 is 18.0 Å². The van der Waals surface area contributed by atoms with Crippen molar-refractivity contribution in [1.29, 1.82) is 0 Å². The summed E-state index contributed by atoms with van der Waals surface area (Å²) in [6.07, 6.45) is 5.31. The zero-order valence-corrected chi connectivity index (χ0v) is 18.4. The highest BCUT2D eigenvalue weighted by molar-refractivity contribution is 7.89. The molecule has 2 amide bonds. The summed E-state index contributed by atoms with van der Waals surface area (Å²) in [4.78, 5) is 26.2. The molecule has 2 bridgehead atoms. The maximum absolute atomic E-state index is 13.3.